The zero-order chi connectivity index (χ0) is 14.3. The van der Waals surface area contributed by atoms with E-state index in [1.807, 2.05) is 26.0 Å². The lowest BCUT2D eigenvalue weighted by Gasteiger charge is -1.99. The maximum Gasteiger partial charge on any atom is 0.417 e. The molecule has 102 valence electrons. The van der Waals surface area contributed by atoms with Crippen LogP contribution in [0.4, 0.5) is 4.79 Å². The Morgan fingerprint density at radius 3 is 2.90 bits per heavy atom. The molecule has 0 aliphatic heterocycles. The number of carbonyl (C=O) groups is 1. The first-order chi connectivity index (χ1) is 9.58. The number of aryl methyl sites for hydroxylation is 2. The summed E-state index contributed by atoms with van der Waals surface area (Å²) in [5.41, 5.74) is 4.43. The number of aromatic nitrogens is 4. The largest absolute Gasteiger partial charge is 0.464 e. The molecule has 2 N–H and O–H groups in total. The van der Waals surface area contributed by atoms with Gasteiger partial charge in [0.2, 0.25) is 0 Å². The number of hydrogen-bond acceptors (Lipinski definition) is 3. The minimum Gasteiger partial charge on any atom is -0.464 e. The summed E-state index contributed by atoms with van der Waals surface area (Å²) in [6, 6.07) is 3.70. The van der Waals surface area contributed by atoms with Crippen LogP contribution in [0.25, 0.3) is 11.0 Å². The summed E-state index contributed by atoms with van der Waals surface area (Å²) in [4.78, 5) is 15.4. The van der Waals surface area contributed by atoms with Crippen LogP contribution in [0.5, 0.6) is 0 Å². The lowest BCUT2D eigenvalue weighted by atomic mass is 10.0. The van der Waals surface area contributed by atoms with Crippen LogP contribution in [-0.4, -0.2) is 30.9 Å². The van der Waals surface area contributed by atoms with Gasteiger partial charge in [-0.3, -0.25) is 5.10 Å². The van der Waals surface area contributed by atoms with E-state index < -0.39 is 6.09 Å². The quantitative estimate of drug-likeness (QED) is 0.749. The van der Waals surface area contributed by atoms with Crippen LogP contribution in [0, 0.1) is 13.8 Å². The number of fused-ring (bicyclic) bond motifs is 1. The number of pyridine rings is 1. The predicted octanol–water partition coefficient (Wildman–Crippen LogP) is 2.49. The lowest BCUT2D eigenvalue weighted by Crippen LogP contribution is -2.06. The molecule has 0 saturated heterocycles. The zero-order valence-corrected chi connectivity index (χ0v) is 11.2. The minimum atomic E-state index is -1.03. The van der Waals surface area contributed by atoms with Crippen LogP contribution in [0.2, 0.25) is 0 Å². The fourth-order valence-electron chi connectivity index (χ4n) is 2.44. The molecule has 0 radical (unpaired) electrons. The van der Waals surface area contributed by atoms with Gasteiger partial charge in [-0.25, -0.2) is 14.3 Å². The highest BCUT2D eigenvalue weighted by Crippen LogP contribution is 2.24. The van der Waals surface area contributed by atoms with Crippen molar-refractivity contribution in [1.29, 1.82) is 0 Å². The van der Waals surface area contributed by atoms with Gasteiger partial charge in [0.15, 0.2) is 0 Å². The van der Waals surface area contributed by atoms with Crippen molar-refractivity contribution in [3.8, 4) is 0 Å². The summed E-state index contributed by atoms with van der Waals surface area (Å²) in [6.45, 7) is 3.90. The fourth-order valence-corrected chi connectivity index (χ4v) is 2.44. The molecular weight excluding hydrogens is 256 g/mol. The van der Waals surface area contributed by atoms with Crippen LogP contribution in [0.3, 0.4) is 0 Å². The molecule has 0 fully saturated rings. The normalized spacial score (nSPS) is 11.1. The maximum absolute atomic E-state index is 11.3. The Morgan fingerprint density at radius 1 is 1.45 bits per heavy atom. The van der Waals surface area contributed by atoms with E-state index >= 15 is 0 Å². The highest BCUT2D eigenvalue weighted by Gasteiger charge is 2.16. The molecule has 3 heterocycles. The Hall–Kier alpha value is -2.63. The van der Waals surface area contributed by atoms with Crippen molar-refractivity contribution in [2.45, 2.75) is 20.3 Å². The van der Waals surface area contributed by atoms with Crippen LogP contribution in [0.1, 0.15) is 22.5 Å². The van der Waals surface area contributed by atoms with Crippen molar-refractivity contribution < 1.29 is 9.90 Å². The molecule has 0 saturated carbocycles. The van der Waals surface area contributed by atoms with Gasteiger partial charge in [-0.15, -0.1) is 0 Å². The Labute approximate surface area is 115 Å². The van der Waals surface area contributed by atoms with E-state index in [2.05, 4.69) is 15.2 Å². The summed E-state index contributed by atoms with van der Waals surface area (Å²) in [5.74, 6) is 0. The summed E-state index contributed by atoms with van der Waals surface area (Å²) >= 11 is 0. The molecule has 3 aromatic heterocycles. The van der Waals surface area contributed by atoms with E-state index in [0.29, 0.717) is 12.1 Å². The highest BCUT2D eigenvalue weighted by atomic mass is 16.4. The number of carboxylic acid groups (broad SMARTS) is 1. The maximum atomic E-state index is 11.3. The van der Waals surface area contributed by atoms with Crippen molar-refractivity contribution in [2.75, 3.05) is 0 Å². The van der Waals surface area contributed by atoms with Crippen LogP contribution in [0.15, 0.2) is 24.5 Å². The van der Waals surface area contributed by atoms with E-state index in [9.17, 15) is 9.90 Å². The number of rotatable bonds is 2. The molecule has 0 bridgehead atoms. The molecule has 6 nitrogen and oxygen atoms in total. The smallest absolute Gasteiger partial charge is 0.417 e. The first-order valence-electron chi connectivity index (χ1n) is 6.26. The van der Waals surface area contributed by atoms with Gasteiger partial charge in [-0.1, -0.05) is 0 Å². The van der Waals surface area contributed by atoms with Gasteiger partial charge in [-0.2, -0.15) is 5.10 Å². The first kappa shape index (κ1) is 12.4. The molecule has 3 rings (SSSR count). The Kier molecular flexibility index (Phi) is 2.78. The van der Waals surface area contributed by atoms with E-state index in [1.54, 1.807) is 12.4 Å². The summed E-state index contributed by atoms with van der Waals surface area (Å²) < 4.78 is 1.16. The van der Waals surface area contributed by atoms with E-state index in [4.69, 9.17) is 0 Å². The van der Waals surface area contributed by atoms with E-state index in [-0.39, 0.29) is 0 Å². The number of H-pyrrole nitrogens is 1. The van der Waals surface area contributed by atoms with Gasteiger partial charge < -0.3 is 5.11 Å². The minimum absolute atomic E-state index is 0.466. The Morgan fingerprint density at radius 2 is 2.25 bits per heavy atom. The fraction of sp³-hybridized carbons (Fsp3) is 0.214. The molecule has 0 spiro atoms. The first-order valence-corrected chi connectivity index (χ1v) is 6.26. The third-order valence-corrected chi connectivity index (χ3v) is 3.50. The zero-order valence-electron chi connectivity index (χ0n) is 11.2. The van der Waals surface area contributed by atoms with Gasteiger partial charge in [0.1, 0.15) is 5.65 Å². The average Bonchev–Trinajstić information content (AvgIpc) is 2.95. The molecule has 0 aliphatic carbocycles. The molecule has 0 aliphatic rings. The number of nitrogens with one attached hydrogen (secondary N) is 1. The molecule has 0 unspecified atom stereocenters. The molecule has 0 aromatic carbocycles. The highest BCUT2D eigenvalue weighted by molar-refractivity contribution is 5.88. The van der Waals surface area contributed by atoms with Crippen molar-refractivity contribution in [1.82, 2.24) is 19.7 Å². The predicted molar refractivity (Wildman–Crippen MR) is 74.0 cm³/mol. The second kappa shape index (κ2) is 4.48. The lowest BCUT2D eigenvalue weighted by molar-refractivity contribution is 0.197. The van der Waals surface area contributed by atoms with Gasteiger partial charge in [0.25, 0.3) is 0 Å². The monoisotopic (exact) mass is 270 g/mol. The third-order valence-electron chi connectivity index (χ3n) is 3.50. The topological polar surface area (TPSA) is 83.8 Å². The second-order valence-electron chi connectivity index (χ2n) is 4.77. The van der Waals surface area contributed by atoms with Gasteiger partial charge in [-0.05, 0) is 31.5 Å². The molecule has 0 amide bonds. The molecule has 3 aromatic rings. The Balaban J connectivity index is 2.15. The molecule has 0 atom stereocenters. The molecule has 6 heteroatoms. The average molecular weight is 270 g/mol. The van der Waals surface area contributed by atoms with Crippen molar-refractivity contribution in [2.24, 2.45) is 0 Å². The van der Waals surface area contributed by atoms with Crippen molar-refractivity contribution >= 4 is 17.1 Å². The van der Waals surface area contributed by atoms with Crippen LogP contribution >= 0.6 is 0 Å². The van der Waals surface area contributed by atoms with Crippen molar-refractivity contribution in [3.05, 3.63) is 47.0 Å². The summed E-state index contributed by atoms with van der Waals surface area (Å²) in [7, 11) is 0. The van der Waals surface area contributed by atoms with Crippen LogP contribution < -0.4 is 0 Å². The van der Waals surface area contributed by atoms with Gasteiger partial charge in [0.05, 0.1) is 5.69 Å². The summed E-state index contributed by atoms with van der Waals surface area (Å²) in [5, 5.41) is 17.2. The van der Waals surface area contributed by atoms with Gasteiger partial charge in [0, 0.05) is 35.5 Å². The van der Waals surface area contributed by atoms with Crippen molar-refractivity contribution in [3.63, 3.8) is 0 Å². The standard InChI is InChI=1S/C14H14N4O2/c1-8-12(9(2)17-16-8)6-10-7-18(14(19)20)13-11(10)4-3-5-15-13/h3-5,7H,6H2,1-2H3,(H,16,17)(H,19,20). The molecule has 20 heavy (non-hydrogen) atoms. The summed E-state index contributed by atoms with van der Waals surface area (Å²) in [6.07, 6.45) is 2.84. The van der Waals surface area contributed by atoms with Gasteiger partial charge >= 0.3 is 6.09 Å². The molecular formula is C14H14N4O2. The third kappa shape index (κ3) is 1.85. The van der Waals surface area contributed by atoms with E-state index in [1.165, 1.54) is 0 Å². The van der Waals surface area contributed by atoms with E-state index in [0.717, 1.165) is 32.5 Å². The number of aromatic amines is 1. The second-order valence-corrected chi connectivity index (χ2v) is 4.77. The van der Waals surface area contributed by atoms with Crippen LogP contribution in [-0.2, 0) is 6.42 Å². The number of hydrogen-bond donors (Lipinski definition) is 2. The number of nitrogens with zero attached hydrogens (tertiary/aromatic N) is 3. The Bertz CT molecular complexity index is 781. The SMILES string of the molecule is Cc1n[nH]c(C)c1Cc1cn(C(=O)O)c2ncccc12.